The maximum atomic E-state index is 13.3. The van der Waals surface area contributed by atoms with Crippen molar-refractivity contribution in [1.29, 1.82) is 0 Å². The van der Waals surface area contributed by atoms with Crippen LogP contribution in [0.4, 0.5) is 0 Å². The van der Waals surface area contributed by atoms with E-state index in [-0.39, 0.29) is 30.2 Å². The van der Waals surface area contributed by atoms with Crippen molar-refractivity contribution in [3.8, 4) is 0 Å². The average Bonchev–Trinajstić information content (AvgIpc) is 3.16. The molecule has 3 amide bonds. The molecule has 1 spiro atoms. The van der Waals surface area contributed by atoms with Crippen molar-refractivity contribution in [3.05, 3.63) is 47.5 Å². The molecule has 132 valence electrons. The monoisotopic (exact) mass is 349 g/mol. The number of nitrogens with zero attached hydrogens (tertiary/aromatic N) is 3. The largest absolute Gasteiger partial charge is 0.310 e. The number of hydrogen-bond acceptors (Lipinski definition) is 4. The van der Waals surface area contributed by atoms with Gasteiger partial charge in [-0.2, -0.15) is 5.01 Å². The molecule has 0 aromatic heterocycles. The van der Waals surface area contributed by atoms with Gasteiger partial charge in [0.1, 0.15) is 5.66 Å². The Balaban J connectivity index is 1.80. The first-order valence-corrected chi connectivity index (χ1v) is 8.97. The summed E-state index contributed by atoms with van der Waals surface area (Å²) in [7, 11) is 0. The summed E-state index contributed by atoms with van der Waals surface area (Å²) in [4.78, 5) is 40.0. The molecule has 0 unspecified atom stereocenters. The van der Waals surface area contributed by atoms with Gasteiger partial charge in [-0.1, -0.05) is 31.2 Å². The maximum absolute atomic E-state index is 13.3. The van der Waals surface area contributed by atoms with Gasteiger partial charge < -0.3 is 4.90 Å². The standard InChI is InChI=1S/C20H19N3O3/c1-3-15-11-21-20(10-18(25)23(21)12(2)24)17-9-14-7-5-4-6-13(14)8-16(17)19(26)22(15)20/h4-9,15H,3,10-11H2,1-2H3/t15-,20-/m0/s1. The smallest absolute Gasteiger partial charge is 0.256 e. The zero-order valence-electron chi connectivity index (χ0n) is 14.7. The zero-order valence-corrected chi connectivity index (χ0v) is 14.7. The number of rotatable bonds is 1. The Kier molecular flexibility index (Phi) is 2.93. The second kappa shape index (κ2) is 4.92. The minimum absolute atomic E-state index is 0.0204. The summed E-state index contributed by atoms with van der Waals surface area (Å²) >= 11 is 0. The topological polar surface area (TPSA) is 60.9 Å². The molecule has 26 heavy (non-hydrogen) atoms. The summed E-state index contributed by atoms with van der Waals surface area (Å²) in [6.07, 6.45) is 0.900. The molecule has 3 aliphatic heterocycles. The molecule has 2 aromatic carbocycles. The van der Waals surface area contributed by atoms with Crippen LogP contribution in [0.5, 0.6) is 0 Å². The molecule has 3 heterocycles. The Labute approximate surface area is 150 Å². The normalized spacial score (nSPS) is 27.2. The summed E-state index contributed by atoms with van der Waals surface area (Å²) in [5.74, 6) is -0.588. The molecule has 0 aliphatic carbocycles. The van der Waals surface area contributed by atoms with Crippen LogP contribution in [0.3, 0.4) is 0 Å². The quantitative estimate of drug-likeness (QED) is 0.792. The van der Waals surface area contributed by atoms with E-state index in [0.29, 0.717) is 12.1 Å². The first kappa shape index (κ1) is 15.5. The summed E-state index contributed by atoms with van der Waals surface area (Å²) in [5.41, 5.74) is 0.624. The fourth-order valence-corrected chi connectivity index (χ4v) is 4.94. The van der Waals surface area contributed by atoms with Gasteiger partial charge in [0.2, 0.25) is 11.8 Å². The molecule has 0 radical (unpaired) electrons. The zero-order chi connectivity index (χ0) is 18.2. The predicted octanol–water partition coefficient (Wildman–Crippen LogP) is 2.24. The van der Waals surface area contributed by atoms with Crippen LogP contribution in [0.2, 0.25) is 0 Å². The Hall–Kier alpha value is -2.73. The highest BCUT2D eigenvalue weighted by atomic mass is 16.2. The van der Waals surface area contributed by atoms with E-state index >= 15 is 0 Å². The first-order valence-electron chi connectivity index (χ1n) is 8.97. The third-order valence-corrected chi connectivity index (χ3v) is 5.99. The van der Waals surface area contributed by atoms with Crippen LogP contribution >= 0.6 is 0 Å². The third-order valence-electron chi connectivity index (χ3n) is 5.99. The molecular formula is C20H19N3O3. The average molecular weight is 349 g/mol. The van der Waals surface area contributed by atoms with E-state index in [1.807, 2.05) is 53.2 Å². The predicted molar refractivity (Wildman–Crippen MR) is 94.7 cm³/mol. The van der Waals surface area contributed by atoms with E-state index in [1.165, 1.54) is 11.9 Å². The highest BCUT2D eigenvalue weighted by Crippen LogP contribution is 2.54. The van der Waals surface area contributed by atoms with Crippen LogP contribution in [-0.4, -0.2) is 45.2 Å². The molecule has 6 nitrogen and oxygen atoms in total. The molecule has 2 saturated heterocycles. The molecule has 5 rings (SSSR count). The molecule has 3 aliphatic rings. The van der Waals surface area contributed by atoms with Crippen molar-refractivity contribution in [3.63, 3.8) is 0 Å². The van der Waals surface area contributed by atoms with Crippen LogP contribution in [-0.2, 0) is 15.3 Å². The van der Waals surface area contributed by atoms with Crippen LogP contribution in [0.1, 0.15) is 42.6 Å². The molecular weight excluding hydrogens is 330 g/mol. The van der Waals surface area contributed by atoms with Gasteiger partial charge in [-0.25, -0.2) is 5.01 Å². The van der Waals surface area contributed by atoms with Gasteiger partial charge in [-0.3, -0.25) is 14.4 Å². The number of fused-ring (bicyclic) bond motifs is 2. The maximum Gasteiger partial charge on any atom is 0.256 e. The van der Waals surface area contributed by atoms with Gasteiger partial charge in [0.05, 0.1) is 6.42 Å². The summed E-state index contributed by atoms with van der Waals surface area (Å²) in [5, 5.41) is 5.10. The lowest BCUT2D eigenvalue weighted by Gasteiger charge is -2.35. The van der Waals surface area contributed by atoms with Crippen molar-refractivity contribution < 1.29 is 14.4 Å². The second-order valence-electron chi connectivity index (χ2n) is 7.28. The van der Waals surface area contributed by atoms with Crippen LogP contribution in [0.25, 0.3) is 10.8 Å². The Morgan fingerprint density at radius 2 is 1.88 bits per heavy atom. The van der Waals surface area contributed by atoms with Crippen molar-refractivity contribution >= 4 is 28.5 Å². The number of imide groups is 1. The summed E-state index contributed by atoms with van der Waals surface area (Å²) in [6.45, 7) is 3.94. The van der Waals surface area contributed by atoms with E-state index in [0.717, 1.165) is 22.8 Å². The number of benzene rings is 2. The van der Waals surface area contributed by atoms with Crippen LogP contribution < -0.4 is 0 Å². The molecule has 0 bridgehead atoms. The highest BCUT2D eigenvalue weighted by Gasteiger charge is 2.67. The fourth-order valence-electron chi connectivity index (χ4n) is 4.94. The minimum atomic E-state index is -0.861. The lowest BCUT2D eigenvalue weighted by Crippen LogP contribution is -2.49. The Morgan fingerprint density at radius 1 is 1.19 bits per heavy atom. The van der Waals surface area contributed by atoms with Gasteiger partial charge in [-0.15, -0.1) is 0 Å². The SMILES string of the molecule is CC[C@H]1CN2N(C(C)=O)C(=O)C[C@]23c2cc4ccccc4cc2C(=O)N13. The number of hydrazine groups is 1. The van der Waals surface area contributed by atoms with Crippen molar-refractivity contribution in [2.24, 2.45) is 0 Å². The Morgan fingerprint density at radius 3 is 2.54 bits per heavy atom. The number of carbonyl (C=O) groups is 3. The molecule has 2 fully saturated rings. The van der Waals surface area contributed by atoms with E-state index in [1.54, 1.807) is 0 Å². The highest BCUT2D eigenvalue weighted by molar-refractivity contribution is 6.06. The van der Waals surface area contributed by atoms with E-state index in [4.69, 9.17) is 0 Å². The molecule has 2 atom stereocenters. The first-order chi connectivity index (χ1) is 12.5. The number of carbonyl (C=O) groups excluding carboxylic acids is 3. The second-order valence-corrected chi connectivity index (χ2v) is 7.28. The Bertz CT molecular complexity index is 1000. The lowest BCUT2D eigenvalue weighted by atomic mass is 9.93. The van der Waals surface area contributed by atoms with Crippen molar-refractivity contribution in [2.45, 2.75) is 38.4 Å². The van der Waals surface area contributed by atoms with Gasteiger partial charge >= 0.3 is 0 Å². The van der Waals surface area contributed by atoms with Gasteiger partial charge in [0.15, 0.2) is 0 Å². The third kappa shape index (κ3) is 1.63. The van der Waals surface area contributed by atoms with E-state index < -0.39 is 5.66 Å². The molecule has 0 N–H and O–H groups in total. The molecule has 6 heteroatoms. The van der Waals surface area contributed by atoms with Crippen molar-refractivity contribution in [2.75, 3.05) is 6.54 Å². The van der Waals surface area contributed by atoms with Crippen molar-refractivity contribution in [1.82, 2.24) is 14.9 Å². The molecule has 0 saturated carbocycles. The minimum Gasteiger partial charge on any atom is -0.310 e. The summed E-state index contributed by atoms with van der Waals surface area (Å²) < 4.78 is 0. The number of amides is 3. The lowest BCUT2D eigenvalue weighted by molar-refractivity contribution is -0.158. The van der Waals surface area contributed by atoms with Crippen LogP contribution in [0.15, 0.2) is 36.4 Å². The van der Waals surface area contributed by atoms with Gasteiger partial charge in [-0.05, 0) is 29.3 Å². The fraction of sp³-hybridized carbons (Fsp3) is 0.350. The van der Waals surface area contributed by atoms with Gasteiger partial charge in [0, 0.05) is 30.6 Å². The van der Waals surface area contributed by atoms with Gasteiger partial charge in [0.25, 0.3) is 5.91 Å². The van der Waals surface area contributed by atoms with Crippen LogP contribution in [0, 0.1) is 0 Å². The number of hydrogen-bond donors (Lipinski definition) is 0. The molecule has 2 aromatic rings. The summed E-state index contributed by atoms with van der Waals surface area (Å²) in [6, 6.07) is 11.8. The van der Waals surface area contributed by atoms with E-state index in [2.05, 4.69) is 0 Å². The van der Waals surface area contributed by atoms with E-state index in [9.17, 15) is 14.4 Å².